The molecule has 2 aromatic carbocycles. The molecule has 18 heavy (non-hydrogen) atoms. The van der Waals surface area contributed by atoms with E-state index in [4.69, 9.17) is 0 Å². The molecule has 2 rings (SSSR count). The summed E-state index contributed by atoms with van der Waals surface area (Å²) in [5.41, 5.74) is 7.68. The summed E-state index contributed by atoms with van der Waals surface area (Å²) >= 11 is 2.37. The van der Waals surface area contributed by atoms with Crippen LogP contribution in [0.4, 0.5) is 11.4 Å². The number of nitrogens with zero attached hydrogens (tertiary/aromatic N) is 1. The molecule has 1 nitrogen and oxygen atoms in total. The van der Waals surface area contributed by atoms with Gasteiger partial charge in [-0.1, -0.05) is 12.1 Å². The van der Waals surface area contributed by atoms with Gasteiger partial charge in [-0.3, -0.25) is 3.11 Å². The van der Waals surface area contributed by atoms with E-state index in [1.165, 1.54) is 33.6 Å². The van der Waals surface area contributed by atoms with Crippen LogP contribution in [0.25, 0.3) is 0 Å². The molecule has 0 aliphatic rings. The molecule has 0 saturated carbocycles. The average Bonchev–Trinajstić information content (AvgIpc) is 2.25. The van der Waals surface area contributed by atoms with Crippen LogP contribution in [0.15, 0.2) is 36.4 Å². The van der Waals surface area contributed by atoms with Crippen molar-refractivity contribution in [2.24, 2.45) is 0 Å². The minimum absolute atomic E-state index is 1.23. The minimum Gasteiger partial charge on any atom is -0.283 e. The molecule has 0 N–H and O–H groups in total. The van der Waals surface area contributed by atoms with E-state index in [0.717, 1.165) is 0 Å². The number of benzene rings is 2. The zero-order chi connectivity index (χ0) is 13.3. The van der Waals surface area contributed by atoms with Gasteiger partial charge in [0.05, 0.1) is 34.2 Å². The smallest absolute Gasteiger partial charge is 0.0646 e. The second-order valence-corrected chi connectivity index (χ2v) is 5.94. The largest absolute Gasteiger partial charge is 0.283 e. The SMILES string of the molecule is Cc1cc(C)cc(N(I)c2cc(C)cc(C)c2)c1. The number of halogens is 1. The van der Waals surface area contributed by atoms with Crippen LogP contribution in [-0.2, 0) is 0 Å². The maximum absolute atomic E-state index is 2.37. The highest BCUT2D eigenvalue weighted by atomic mass is 127. The highest BCUT2D eigenvalue weighted by Crippen LogP contribution is 2.32. The van der Waals surface area contributed by atoms with E-state index in [2.05, 4.69) is 90.1 Å². The van der Waals surface area contributed by atoms with Gasteiger partial charge in [0, 0.05) is 0 Å². The van der Waals surface area contributed by atoms with E-state index in [-0.39, 0.29) is 0 Å². The summed E-state index contributed by atoms with van der Waals surface area (Å²) in [5.74, 6) is 0. The normalized spacial score (nSPS) is 10.5. The Bertz CT molecular complexity index is 483. The van der Waals surface area contributed by atoms with Gasteiger partial charge in [-0.25, -0.2) is 0 Å². The Hall–Kier alpha value is -1.03. The molecule has 0 unspecified atom stereocenters. The molecule has 0 heterocycles. The van der Waals surface area contributed by atoms with Gasteiger partial charge in [-0.2, -0.15) is 0 Å². The number of anilines is 2. The fourth-order valence-corrected chi connectivity index (χ4v) is 2.83. The zero-order valence-corrected chi connectivity index (χ0v) is 13.4. The Morgan fingerprint density at radius 2 is 0.889 bits per heavy atom. The molecule has 0 aliphatic carbocycles. The van der Waals surface area contributed by atoms with Crippen molar-refractivity contribution < 1.29 is 0 Å². The molecular formula is C16H18IN. The van der Waals surface area contributed by atoms with Crippen LogP contribution in [0.2, 0.25) is 0 Å². The fraction of sp³-hybridized carbons (Fsp3) is 0.250. The van der Waals surface area contributed by atoms with Crippen molar-refractivity contribution in [1.82, 2.24) is 0 Å². The van der Waals surface area contributed by atoms with Crippen LogP contribution in [0, 0.1) is 27.7 Å². The molecule has 0 fully saturated rings. The lowest BCUT2D eigenvalue weighted by Crippen LogP contribution is -2.02. The van der Waals surface area contributed by atoms with E-state index in [9.17, 15) is 0 Å². The highest BCUT2D eigenvalue weighted by Gasteiger charge is 2.07. The molecule has 2 aromatic rings. The van der Waals surface area contributed by atoms with Gasteiger partial charge in [0.2, 0.25) is 0 Å². The van der Waals surface area contributed by atoms with Crippen LogP contribution in [0.3, 0.4) is 0 Å². The molecule has 0 atom stereocenters. The minimum atomic E-state index is 1.23. The van der Waals surface area contributed by atoms with Gasteiger partial charge in [-0.05, 0) is 74.2 Å². The standard InChI is InChI=1S/C16H18IN/c1-11-5-12(2)8-15(7-11)18(17)16-9-13(3)6-14(4)10-16/h5-10H,1-4H3. The molecule has 0 bridgehead atoms. The third kappa shape index (κ3) is 3.05. The monoisotopic (exact) mass is 351 g/mol. The van der Waals surface area contributed by atoms with Crippen molar-refractivity contribution in [3.05, 3.63) is 58.7 Å². The Balaban J connectivity index is 2.43. The summed E-state index contributed by atoms with van der Waals surface area (Å²) in [5, 5.41) is 0. The first-order valence-corrected chi connectivity index (χ1v) is 7.05. The number of hydrogen-bond donors (Lipinski definition) is 0. The first-order valence-electron chi connectivity index (χ1n) is 6.08. The van der Waals surface area contributed by atoms with Crippen LogP contribution in [0.1, 0.15) is 22.3 Å². The Kier molecular flexibility index (Phi) is 3.95. The van der Waals surface area contributed by atoms with E-state index < -0.39 is 0 Å². The average molecular weight is 351 g/mol. The maximum atomic E-state index is 2.37. The Morgan fingerprint density at radius 1 is 0.611 bits per heavy atom. The number of rotatable bonds is 2. The second kappa shape index (κ2) is 5.31. The van der Waals surface area contributed by atoms with Crippen LogP contribution >= 0.6 is 22.9 Å². The molecule has 0 radical (unpaired) electrons. The summed E-state index contributed by atoms with van der Waals surface area (Å²) in [6.45, 7) is 8.57. The van der Waals surface area contributed by atoms with Gasteiger partial charge in [0.25, 0.3) is 0 Å². The number of aryl methyl sites for hydroxylation is 4. The number of hydrogen-bond acceptors (Lipinski definition) is 1. The van der Waals surface area contributed by atoms with Gasteiger partial charge in [-0.15, -0.1) is 0 Å². The van der Waals surface area contributed by atoms with E-state index in [1.807, 2.05) is 0 Å². The van der Waals surface area contributed by atoms with Gasteiger partial charge in [0.15, 0.2) is 0 Å². The molecule has 94 valence electrons. The lowest BCUT2D eigenvalue weighted by Gasteiger charge is -2.19. The second-order valence-electron chi connectivity index (χ2n) is 4.97. The topological polar surface area (TPSA) is 3.24 Å². The summed E-state index contributed by atoms with van der Waals surface area (Å²) < 4.78 is 2.22. The lowest BCUT2D eigenvalue weighted by atomic mass is 10.1. The summed E-state index contributed by atoms with van der Waals surface area (Å²) in [4.78, 5) is 0. The molecule has 0 aliphatic heterocycles. The van der Waals surface area contributed by atoms with Crippen molar-refractivity contribution in [2.75, 3.05) is 3.11 Å². The van der Waals surface area contributed by atoms with E-state index in [1.54, 1.807) is 0 Å². The fourth-order valence-electron chi connectivity index (χ4n) is 2.28. The first-order chi connectivity index (χ1) is 8.45. The molecule has 0 saturated heterocycles. The van der Waals surface area contributed by atoms with Crippen molar-refractivity contribution in [3.8, 4) is 0 Å². The van der Waals surface area contributed by atoms with Crippen LogP contribution in [0.5, 0.6) is 0 Å². The summed E-state index contributed by atoms with van der Waals surface area (Å²) in [7, 11) is 0. The first kappa shape index (κ1) is 13.4. The highest BCUT2D eigenvalue weighted by molar-refractivity contribution is 14.1. The lowest BCUT2D eigenvalue weighted by molar-refractivity contribution is 1.33. The summed E-state index contributed by atoms with van der Waals surface area (Å²) in [6, 6.07) is 13.3. The van der Waals surface area contributed by atoms with Crippen molar-refractivity contribution in [3.63, 3.8) is 0 Å². The van der Waals surface area contributed by atoms with Crippen molar-refractivity contribution in [2.45, 2.75) is 27.7 Å². The van der Waals surface area contributed by atoms with Gasteiger partial charge in [0.1, 0.15) is 0 Å². The summed E-state index contributed by atoms with van der Waals surface area (Å²) in [6.07, 6.45) is 0. The van der Waals surface area contributed by atoms with E-state index >= 15 is 0 Å². The van der Waals surface area contributed by atoms with Crippen molar-refractivity contribution >= 4 is 34.2 Å². The van der Waals surface area contributed by atoms with Crippen molar-refractivity contribution in [1.29, 1.82) is 0 Å². The molecule has 0 spiro atoms. The van der Waals surface area contributed by atoms with Crippen LogP contribution < -0.4 is 3.11 Å². The predicted octanol–water partition coefficient (Wildman–Crippen LogP) is 5.41. The molecule has 0 amide bonds. The third-order valence-corrected chi connectivity index (χ3v) is 3.98. The maximum Gasteiger partial charge on any atom is 0.0646 e. The van der Waals surface area contributed by atoms with Gasteiger partial charge >= 0.3 is 0 Å². The third-order valence-electron chi connectivity index (χ3n) is 2.87. The predicted molar refractivity (Wildman–Crippen MR) is 88.0 cm³/mol. The molecular weight excluding hydrogens is 333 g/mol. The van der Waals surface area contributed by atoms with Gasteiger partial charge < -0.3 is 0 Å². The Labute approximate surface area is 123 Å². The quantitative estimate of drug-likeness (QED) is 0.517. The zero-order valence-electron chi connectivity index (χ0n) is 11.3. The molecule has 0 aromatic heterocycles. The van der Waals surface area contributed by atoms with E-state index in [0.29, 0.717) is 0 Å². The Morgan fingerprint density at radius 3 is 1.17 bits per heavy atom. The molecule has 2 heteroatoms. The van der Waals surface area contributed by atoms with Crippen LogP contribution in [-0.4, -0.2) is 0 Å².